The van der Waals surface area contributed by atoms with E-state index in [4.69, 9.17) is 4.74 Å². The second kappa shape index (κ2) is 7.85. The average Bonchev–Trinajstić information content (AvgIpc) is 2.52. The maximum atomic E-state index is 12.6. The number of piperazine rings is 1. The van der Waals surface area contributed by atoms with Gasteiger partial charge in [0.05, 0.1) is 11.7 Å². The Morgan fingerprint density at radius 1 is 1.29 bits per heavy atom. The third kappa shape index (κ3) is 5.38. The number of β-amino-alcohol motifs (C(OH)–C–C–N with tert-alkyl or cyclic N) is 1. The average molecular weight is 346 g/mol. The Bertz CT molecular complexity index is 556. The summed E-state index contributed by atoms with van der Waals surface area (Å²) in [6.45, 7) is 4.30. The Morgan fingerprint density at radius 2 is 1.96 bits per heavy atom. The van der Waals surface area contributed by atoms with Crippen LogP contribution < -0.4 is 4.74 Å². The lowest BCUT2D eigenvalue weighted by atomic mass is 10.2. The van der Waals surface area contributed by atoms with Crippen LogP contribution >= 0.6 is 0 Å². The van der Waals surface area contributed by atoms with Gasteiger partial charge in [-0.1, -0.05) is 6.07 Å². The third-order valence-corrected chi connectivity index (χ3v) is 3.77. The van der Waals surface area contributed by atoms with E-state index in [0.29, 0.717) is 32.7 Å². The number of aliphatic hydroxyl groups is 1. The Balaban J connectivity index is 1.82. The van der Waals surface area contributed by atoms with Crippen molar-refractivity contribution in [1.29, 1.82) is 0 Å². The number of ether oxygens (including phenoxy) is 1. The number of alkyl halides is 3. The Kier molecular flexibility index (Phi) is 6.06. The third-order valence-electron chi connectivity index (χ3n) is 3.77. The van der Waals surface area contributed by atoms with Crippen molar-refractivity contribution >= 4 is 5.91 Å². The highest BCUT2D eigenvalue weighted by molar-refractivity contribution is 5.77. The van der Waals surface area contributed by atoms with Crippen LogP contribution in [0.3, 0.4) is 0 Å². The van der Waals surface area contributed by atoms with E-state index in [1.54, 1.807) is 11.8 Å². The summed E-state index contributed by atoms with van der Waals surface area (Å²) < 4.78 is 43.1. The van der Waals surface area contributed by atoms with E-state index in [1.165, 1.54) is 12.1 Å². The molecule has 1 heterocycles. The summed E-state index contributed by atoms with van der Waals surface area (Å²) in [7, 11) is 0. The number of carbonyl (C=O) groups excluding carboxylic acids is 1. The molecule has 0 spiro atoms. The second-order valence-electron chi connectivity index (χ2n) is 5.84. The van der Waals surface area contributed by atoms with Crippen LogP contribution in [0.2, 0.25) is 0 Å². The SMILES string of the molecule is C[C@@H](O)CN1CCN(C(=O)COc2cccc(C(F)(F)F)c2)CC1. The molecular weight excluding hydrogens is 325 g/mol. The number of nitrogens with zero attached hydrogens (tertiary/aromatic N) is 2. The van der Waals surface area contributed by atoms with Gasteiger partial charge in [-0.2, -0.15) is 13.2 Å². The van der Waals surface area contributed by atoms with Gasteiger partial charge in [-0.3, -0.25) is 9.69 Å². The van der Waals surface area contributed by atoms with Crippen molar-refractivity contribution in [3.05, 3.63) is 29.8 Å². The normalized spacial score (nSPS) is 17.6. The van der Waals surface area contributed by atoms with E-state index in [2.05, 4.69) is 4.90 Å². The highest BCUT2D eigenvalue weighted by Gasteiger charge is 2.30. The summed E-state index contributed by atoms with van der Waals surface area (Å²) in [6.07, 6.45) is -4.86. The van der Waals surface area contributed by atoms with Gasteiger partial charge in [-0.15, -0.1) is 0 Å². The molecule has 5 nitrogen and oxygen atoms in total. The van der Waals surface area contributed by atoms with Crippen LogP contribution in [-0.2, 0) is 11.0 Å². The van der Waals surface area contributed by atoms with E-state index < -0.39 is 17.8 Å². The lowest BCUT2D eigenvalue weighted by molar-refractivity contribution is -0.137. The molecule has 1 fully saturated rings. The van der Waals surface area contributed by atoms with Gasteiger partial charge in [-0.25, -0.2) is 0 Å². The zero-order valence-corrected chi connectivity index (χ0v) is 13.4. The van der Waals surface area contributed by atoms with Crippen molar-refractivity contribution < 1.29 is 27.8 Å². The minimum absolute atomic E-state index is 0.0194. The van der Waals surface area contributed by atoms with Crippen molar-refractivity contribution in [1.82, 2.24) is 9.80 Å². The standard InChI is InChI=1S/C16H21F3N2O3/c1-12(22)10-20-5-7-21(8-6-20)15(23)11-24-14-4-2-3-13(9-14)16(17,18)19/h2-4,9,12,22H,5-8,10-11H2,1H3/t12-/m1/s1. The molecule has 24 heavy (non-hydrogen) atoms. The van der Waals surface area contributed by atoms with Crippen LogP contribution in [0.1, 0.15) is 12.5 Å². The fraction of sp³-hybridized carbons (Fsp3) is 0.562. The van der Waals surface area contributed by atoms with Gasteiger partial charge in [0, 0.05) is 32.7 Å². The van der Waals surface area contributed by atoms with Crippen LogP contribution in [0.25, 0.3) is 0 Å². The minimum atomic E-state index is -4.44. The highest BCUT2D eigenvalue weighted by Crippen LogP contribution is 2.31. The molecule has 2 rings (SSSR count). The number of rotatable bonds is 5. The molecule has 1 saturated heterocycles. The smallest absolute Gasteiger partial charge is 0.416 e. The molecule has 1 amide bonds. The molecule has 1 aromatic rings. The van der Waals surface area contributed by atoms with Gasteiger partial charge in [0.1, 0.15) is 5.75 Å². The largest absolute Gasteiger partial charge is 0.484 e. The van der Waals surface area contributed by atoms with Crippen molar-refractivity contribution in [2.75, 3.05) is 39.3 Å². The van der Waals surface area contributed by atoms with E-state index >= 15 is 0 Å². The molecule has 0 unspecified atom stereocenters. The predicted molar refractivity (Wildman–Crippen MR) is 81.6 cm³/mol. The zero-order valence-electron chi connectivity index (χ0n) is 13.4. The summed E-state index contributed by atoms with van der Waals surface area (Å²) in [5.41, 5.74) is -0.806. The maximum Gasteiger partial charge on any atom is 0.416 e. The summed E-state index contributed by atoms with van der Waals surface area (Å²) >= 11 is 0. The molecule has 8 heteroatoms. The monoisotopic (exact) mass is 346 g/mol. The van der Waals surface area contributed by atoms with Gasteiger partial charge in [0.25, 0.3) is 5.91 Å². The lowest BCUT2D eigenvalue weighted by Gasteiger charge is -2.35. The number of amides is 1. The Morgan fingerprint density at radius 3 is 2.54 bits per heavy atom. The summed E-state index contributed by atoms with van der Waals surface area (Å²) in [5, 5.41) is 9.35. The van der Waals surface area contributed by atoms with E-state index in [-0.39, 0.29) is 18.3 Å². The highest BCUT2D eigenvalue weighted by atomic mass is 19.4. The number of aliphatic hydroxyl groups excluding tert-OH is 1. The van der Waals surface area contributed by atoms with Crippen LogP contribution in [0, 0.1) is 0 Å². The van der Waals surface area contributed by atoms with Crippen LogP contribution in [0.15, 0.2) is 24.3 Å². The maximum absolute atomic E-state index is 12.6. The first-order valence-electron chi connectivity index (χ1n) is 7.74. The molecule has 0 bridgehead atoms. The number of hydrogen-bond donors (Lipinski definition) is 1. The zero-order chi connectivity index (χ0) is 17.7. The van der Waals surface area contributed by atoms with Crippen LogP contribution in [-0.4, -0.2) is 66.2 Å². The van der Waals surface area contributed by atoms with Gasteiger partial charge in [0.2, 0.25) is 0 Å². The first-order chi connectivity index (χ1) is 11.3. The number of carbonyl (C=O) groups is 1. The van der Waals surface area contributed by atoms with E-state index in [0.717, 1.165) is 12.1 Å². The number of hydrogen-bond acceptors (Lipinski definition) is 4. The molecule has 0 aliphatic carbocycles. The van der Waals surface area contributed by atoms with Crippen molar-refractivity contribution in [2.24, 2.45) is 0 Å². The van der Waals surface area contributed by atoms with Crippen molar-refractivity contribution in [3.8, 4) is 5.75 Å². The minimum Gasteiger partial charge on any atom is -0.484 e. The fourth-order valence-electron chi connectivity index (χ4n) is 2.55. The van der Waals surface area contributed by atoms with Gasteiger partial charge >= 0.3 is 6.18 Å². The topological polar surface area (TPSA) is 53.0 Å². The van der Waals surface area contributed by atoms with E-state index in [9.17, 15) is 23.1 Å². The quantitative estimate of drug-likeness (QED) is 0.880. The van der Waals surface area contributed by atoms with Gasteiger partial charge < -0.3 is 14.7 Å². The first kappa shape index (κ1) is 18.5. The van der Waals surface area contributed by atoms with Crippen molar-refractivity contribution in [2.45, 2.75) is 19.2 Å². The molecule has 1 N–H and O–H groups in total. The Labute approximate surface area is 138 Å². The molecular formula is C16H21F3N2O3. The molecule has 0 saturated carbocycles. The number of halogens is 3. The summed E-state index contributed by atoms with van der Waals surface area (Å²) in [4.78, 5) is 15.8. The Hall–Kier alpha value is -1.80. The van der Waals surface area contributed by atoms with Crippen LogP contribution in [0.5, 0.6) is 5.75 Å². The fourth-order valence-corrected chi connectivity index (χ4v) is 2.55. The lowest BCUT2D eigenvalue weighted by Crippen LogP contribution is -2.51. The molecule has 1 aliphatic heterocycles. The summed E-state index contributed by atoms with van der Waals surface area (Å²) in [6, 6.07) is 4.48. The van der Waals surface area contributed by atoms with Crippen molar-refractivity contribution in [3.63, 3.8) is 0 Å². The van der Waals surface area contributed by atoms with E-state index in [1.807, 2.05) is 0 Å². The first-order valence-corrected chi connectivity index (χ1v) is 7.74. The summed E-state index contributed by atoms with van der Waals surface area (Å²) in [5.74, 6) is -0.241. The van der Waals surface area contributed by atoms with Gasteiger partial charge in [-0.05, 0) is 25.1 Å². The predicted octanol–water partition coefficient (Wildman–Crippen LogP) is 1.61. The molecule has 1 aliphatic rings. The molecule has 134 valence electrons. The number of benzene rings is 1. The second-order valence-corrected chi connectivity index (χ2v) is 5.84. The van der Waals surface area contributed by atoms with Gasteiger partial charge in [0.15, 0.2) is 6.61 Å². The molecule has 0 aromatic heterocycles. The molecule has 1 atom stereocenters. The van der Waals surface area contributed by atoms with Crippen LogP contribution in [0.4, 0.5) is 13.2 Å². The molecule has 0 radical (unpaired) electrons. The molecule has 1 aromatic carbocycles.